The fraction of sp³-hybridized carbons (Fsp3) is 0.100. The predicted octanol–water partition coefficient (Wildman–Crippen LogP) is 5.61. The van der Waals surface area contributed by atoms with E-state index in [2.05, 4.69) is 16.9 Å². The average molecular weight is 478 g/mol. The van der Waals surface area contributed by atoms with Crippen LogP contribution in [-0.4, -0.2) is 17.6 Å². The maximum absolute atomic E-state index is 13.4. The third-order valence-electron chi connectivity index (χ3n) is 5.52. The molecule has 0 saturated carbocycles. The van der Waals surface area contributed by atoms with Crippen molar-refractivity contribution >= 4 is 29.4 Å². The molecule has 0 fully saturated rings. The average Bonchev–Trinajstić information content (AvgIpc) is 3.53. The molecular weight excluding hydrogens is 450 g/mol. The molecule has 2 amide bonds. The lowest BCUT2D eigenvalue weighted by atomic mass is 10.1. The molecular formula is C30H27N3O3. The van der Waals surface area contributed by atoms with Crippen LogP contribution >= 0.6 is 0 Å². The Kier molecular flexibility index (Phi) is 7.88. The Morgan fingerprint density at radius 1 is 1.06 bits per heavy atom. The molecule has 2 aromatic carbocycles. The van der Waals surface area contributed by atoms with Crippen molar-refractivity contribution in [2.24, 2.45) is 4.99 Å². The first-order valence-electron chi connectivity index (χ1n) is 11.6. The van der Waals surface area contributed by atoms with Crippen molar-refractivity contribution < 1.29 is 14.0 Å². The van der Waals surface area contributed by atoms with Gasteiger partial charge in [0.2, 0.25) is 5.91 Å². The summed E-state index contributed by atoms with van der Waals surface area (Å²) in [5.74, 6) is 0.665. The van der Waals surface area contributed by atoms with Crippen molar-refractivity contribution in [2.45, 2.75) is 19.9 Å². The van der Waals surface area contributed by atoms with Gasteiger partial charge in [-0.1, -0.05) is 73.3 Å². The number of aliphatic imine (C=N–C) groups is 1. The van der Waals surface area contributed by atoms with Gasteiger partial charge in [-0.05, 0) is 42.3 Å². The number of anilines is 1. The van der Waals surface area contributed by atoms with Crippen LogP contribution in [0.25, 0.3) is 6.08 Å². The van der Waals surface area contributed by atoms with E-state index in [0.717, 1.165) is 11.1 Å². The molecule has 2 heterocycles. The van der Waals surface area contributed by atoms with Crippen molar-refractivity contribution in [1.82, 2.24) is 5.32 Å². The summed E-state index contributed by atoms with van der Waals surface area (Å²) in [4.78, 5) is 31.9. The summed E-state index contributed by atoms with van der Waals surface area (Å²) >= 11 is 0. The number of hydrogen-bond acceptors (Lipinski definition) is 4. The van der Waals surface area contributed by atoms with Crippen LogP contribution in [0.2, 0.25) is 0 Å². The van der Waals surface area contributed by atoms with E-state index in [1.54, 1.807) is 35.4 Å². The van der Waals surface area contributed by atoms with Gasteiger partial charge in [-0.25, -0.2) is 4.99 Å². The molecule has 36 heavy (non-hydrogen) atoms. The fourth-order valence-electron chi connectivity index (χ4n) is 3.70. The molecule has 6 nitrogen and oxygen atoms in total. The highest BCUT2D eigenvalue weighted by Gasteiger charge is 2.33. The first-order chi connectivity index (χ1) is 17.6. The van der Waals surface area contributed by atoms with Gasteiger partial charge < -0.3 is 9.73 Å². The van der Waals surface area contributed by atoms with Crippen molar-refractivity contribution in [1.29, 1.82) is 0 Å². The molecule has 0 bridgehead atoms. The number of carbonyl (C=O) groups excluding carboxylic acids is 2. The lowest BCUT2D eigenvalue weighted by Gasteiger charge is -2.19. The second kappa shape index (κ2) is 11.6. The quantitative estimate of drug-likeness (QED) is 0.321. The highest BCUT2D eigenvalue weighted by atomic mass is 16.3. The number of nitrogens with zero attached hydrogens (tertiary/aromatic N) is 2. The van der Waals surface area contributed by atoms with E-state index in [4.69, 9.17) is 4.42 Å². The van der Waals surface area contributed by atoms with Crippen LogP contribution in [0.5, 0.6) is 0 Å². The monoisotopic (exact) mass is 477 g/mol. The van der Waals surface area contributed by atoms with Crippen molar-refractivity contribution in [2.75, 3.05) is 4.90 Å². The number of rotatable bonds is 9. The van der Waals surface area contributed by atoms with Gasteiger partial charge in [0.05, 0.1) is 18.4 Å². The number of amides is 2. The van der Waals surface area contributed by atoms with Crippen LogP contribution in [0.1, 0.15) is 23.8 Å². The zero-order valence-electron chi connectivity index (χ0n) is 20.1. The molecule has 0 radical (unpaired) electrons. The van der Waals surface area contributed by atoms with E-state index in [9.17, 15) is 9.59 Å². The topological polar surface area (TPSA) is 74.9 Å². The lowest BCUT2D eigenvalue weighted by molar-refractivity contribution is -0.120. The Morgan fingerprint density at radius 3 is 2.50 bits per heavy atom. The standard InChI is InChI=1S/C30H27N3O3/c1-3-5-12-24(4-2)29-32-27(20-26-13-9-18-36-26)30(35)33(29)25-16-14-22(15-17-25)19-28(34)31-21-23-10-7-6-8-11-23/h3-18,20H,2,19,21H2,1H3,(H,31,34)/b5-3-,24-12+,27-20-. The van der Waals surface area contributed by atoms with Gasteiger partial charge in [0.15, 0.2) is 0 Å². The van der Waals surface area contributed by atoms with Gasteiger partial charge in [-0.15, -0.1) is 0 Å². The molecule has 4 rings (SSSR count). The molecule has 0 unspecified atom stereocenters. The molecule has 0 spiro atoms. The normalized spacial score (nSPS) is 15.0. The van der Waals surface area contributed by atoms with Crippen LogP contribution in [0.4, 0.5) is 5.69 Å². The number of carbonyl (C=O) groups is 2. The van der Waals surface area contributed by atoms with Gasteiger partial charge in [0, 0.05) is 18.2 Å². The maximum Gasteiger partial charge on any atom is 0.282 e. The van der Waals surface area contributed by atoms with Crippen LogP contribution in [-0.2, 0) is 22.6 Å². The SMILES string of the molecule is C=C/C(=C\C=C/C)C1=N/C(=C\c2ccco2)C(=O)N1c1ccc(CC(=O)NCc2ccccc2)cc1. The van der Waals surface area contributed by atoms with E-state index in [1.165, 1.54) is 0 Å². The first-order valence-corrected chi connectivity index (χ1v) is 11.6. The number of furan rings is 1. The minimum absolute atomic E-state index is 0.0713. The summed E-state index contributed by atoms with van der Waals surface area (Å²) in [6, 6.07) is 20.6. The summed E-state index contributed by atoms with van der Waals surface area (Å²) in [6.45, 7) is 6.29. The van der Waals surface area contributed by atoms with E-state index >= 15 is 0 Å². The molecule has 1 aliphatic rings. The lowest BCUT2D eigenvalue weighted by Crippen LogP contribution is -2.32. The molecule has 0 saturated heterocycles. The van der Waals surface area contributed by atoms with Gasteiger partial charge in [-0.2, -0.15) is 0 Å². The predicted molar refractivity (Wildman–Crippen MR) is 143 cm³/mol. The largest absolute Gasteiger partial charge is 0.465 e. The van der Waals surface area contributed by atoms with Crippen LogP contribution in [0.15, 0.2) is 125 Å². The fourth-order valence-corrected chi connectivity index (χ4v) is 3.70. The van der Waals surface area contributed by atoms with E-state index in [0.29, 0.717) is 29.4 Å². The van der Waals surface area contributed by atoms with Gasteiger partial charge >= 0.3 is 0 Å². The summed E-state index contributed by atoms with van der Waals surface area (Å²) in [6.07, 6.45) is 10.7. The molecule has 1 aromatic heterocycles. The molecule has 3 aromatic rings. The molecule has 1 N–H and O–H groups in total. The van der Waals surface area contributed by atoms with E-state index in [1.807, 2.05) is 79.7 Å². The minimum Gasteiger partial charge on any atom is -0.465 e. The number of amidine groups is 1. The zero-order valence-corrected chi connectivity index (χ0v) is 20.1. The third-order valence-corrected chi connectivity index (χ3v) is 5.52. The minimum atomic E-state index is -0.275. The van der Waals surface area contributed by atoms with E-state index < -0.39 is 0 Å². The van der Waals surface area contributed by atoms with Crippen molar-refractivity contribution in [3.63, 3.8) is 0 Å². The van der Waals surface area contributed by atoms with Gasteiger partial charge in [0.1, 0.15) is 17.3 Å². The highest BCUT2D eigenvalue weighted by molar-refractivity contribution is 6.33. The summed E-state index contributed by atoms with van der Waals surface area (Å²) in [5, 5.41) is 2.94. The number of hydrogen-bond donors (Lipinski definition) is 1. The number of benzene rings is 2. The molecule has 1 aliphatic heterocycles. The molecule has 180 valence electrons. The Hall–Kier alpha value is -4.71. The van der Waals surface area contributed by atoms with Gasteiger partial charge in [0.25, 0.3) is 5.91 Å². The Bertz CT molecular complexity index is 1350. The van der Waals surface area contributed by atoms with Crippen molar-refractivity contribution in [3.05, 3.63) is 132 Å². The van der Waals surface area contributed by atoms with Crippen LogP contribution in [0.3, 0.4) is 0 Å². The van der Waals surface area contributed by atoms with E-state index in [-0.39, 0.29) is 23.9 Å². The second-order valence-electron chi connectivity index (χ2n) is 8.08. The highest BCUT2D eigenvalue weighted by Crippen LogP contribution is 2.28. The number of allylic oxidation sites excluding steroid dienone is 3. The van der Waals surface area contributed by atoms with Gasteiger partial charge in [-0.3, -0.25) is 14.5 Å². The summed E-state index contributed by atoms with van der Waals surface area (Å²) in [5.41, 5.74) is 3.49. The molecule has 0 atom stereocenters. The van der Waals surface area contributed by atoms with Crippen LogP contribution < -0.4 is 10.2 Å². The second-order valence-corrected chi connectivity index (χ2v) is 8.08. The van der Waals surface area contributed by atoms with Crippen LogP contribution in [0, 0.1) is 0 Å². The summed E-state index contributed by atoms with van der Waals surface area (Å²) in [7, 11) is 0. The third kappa shape index (κ3) is 5.85. The maximum atomic E-state index is 13.4. The Morgan fingerprint density at radius 2 is 1.83 bits per heavy atom. The Balaban J connectivity index is 1.54. The zero-order chi connectivity index (χ0) is 25.3. The molecule has 0 aliphatic carbocycles. The molecule has 6 heteroatoms. The first kappa shape index (κ1) is 24.4. The summed E-state index contributed by atoms with van der Waals surface area (Å²) < 4.78 is 5.37. The Labute approximate surface area is 210 Å². The smallest absolute Gasteiger partial charge is 0.282 e. The van der Waals surface area contributed by atoms with Crippen molar-refractivity contribution in [3.8, 4) is 0 Å². The number of nitrogens with one attached hydrogen (secondary N) is 1.